The van der Waals surface area contributed by atoms with Gasteiger partial charge in [0.05, 0.1) is 24.2 Å². The molecule has 0 bridgehead atoms. The van der Waals surface area contributed by atoms with Crippen LogP contribution in [0.2, 0.25) is 0 Å². The van der Waals surface area contributed by atoms with Gasteiger partial charge in [0.25, 0.3) is 0 Å². The van der Waals surface area contributed by atoms with E-state index in [1.807, 2.05) is 12.5 Å². The van der Waals surface area contributed by atoms with Crippen LogP contribution in [0.3, 0.4) is 0 Å². The molecular weight excluding hydrogens is 214 g/mol. The number of nitrogens with one attached hydrogen (secondary N) is 1. The zero-order valence-corrected chi connectivity index (χ0v) is 10.4. The molecule has 94 valence electrons. The van der Waals surface area contributed by atoms with Crippen molar-refractivity contribution in [3.05, 3.63) is 18.2 Å². The lowest BCUT2D eigenvalue weighted by molar-refractivity contribution is 0.106. The van der Waals surface area contributed by atoms with E-state index in [1.165, 1.54) is 25.0 Å². The molecule has 0 saturated carbocycles. The summed E-state index contributed by atoms with van der Waals surface area (Å²) in [4.78, 5) is 4.34. The fraction of sp³-hybridized carbons (Fsp3) is 0.769. The van der Waals surface area contributed by atoms with Gasteiger partial charge in [0.1, 0.15) is 0 Å². The van der Waals surface area contributed by atoms with E-state index in [9.17, 15) is 0 Å². The van der Waals surface area contributed by atoms with Gasteiger partial charge >= 0.3 is 0 Å². The quantitative estimate of drug-likeness (QED) is 0.852. The highest BCUT2D eigenvalue weighted by atomic mass is 16.5. The Hall–Kier alpha value is -0.870. The Morgan fingerprint density at radius 3 is 3.06 bits per heavy atom. The molecule has 1 aromatic heterocycles. The first-order valence-corrected chi connectivity index (χ1v) is 6.73. The third-order valence-electron chi connectivity index (χ3n) is 4.06. The number of imidazole rings is 1. The Morgan fingerprint density at radius 2 is 2.35 bits per heavy atom. The van der Waals surface area contributed by atoms with Crippen molar-refractivity contribution < 1.29 is 4.74 Å². The van der Waals surface area contributed by atoms with E-state index in [1.54, 1.807) is 0 Å². The summed E-state index contributed by atoms with van der Waals surface area (Å²) in [7, 11) is 0. The van der Waals surface area contributed by atoms with Gasteiger partial charge in [-0.25, -0.2) is 4.98 Å². The zero-order valence-electron chi connectivity index (χ0n) is 10.4. The standard InChI is InChI=1S/C13H21N3O/c1-10-12(5-7-17-10)16-9-14-8-13(16)11-4-2-3-6-15-11/h8-12,15H,2-7H2,1H3. The van der Waals surface area contributed by atoms with E-state index in [0.29, 0.717) is 18.2 Å². The minimum Gasteiger partial charge on any atom is -0.376 e. The van der Waals surface area contributed by atoms with Gasteiger partial charge in [-0.2, -0.15) is 0 Å². The number of aromatic nitrogens is 2. The first kappa shape index (κ1) is 11.2. The summed E-state index contributed by atoms with van der Waals surface area (Å²) in [5, 5.41) is 3.60. The maximum Gasteiger partial charge on any atom is 0.0952 e. The average molecular weight is 235 g/mol. The maximum atomic E-state index is 5.66. The molecule has 0 aliphatic carbocycles. The van der Waals surface area contributed by atoms with Gasteiger partial charge in [0.2, 0.25) is 0 Å². The molecule has 2 aliphatic rings. The number of ether oxygens (including phenoxy) is 1. The second-order valence-electron chi connectivity index (χ2n) is 5.16. The van der Waals surface area contributed by atoms with E-state index in [4.69, 9.17) is 4.74 Å². The molecule has 3 rings (SSSR count). The number of hydrogen-bond acceptors (Lipinski definition) is 3. The summed E-state index contributed by atoms with van der Waals surface area (Å²) in [5.74, 6) is 0. The molecule has 3 heterocycles. The van der Waals surface area contributed by atoms with Crippen LogP contribution in [-0.4, -0.2) is 28.8 Å². The third-order valence-corrected chi connectivity index (χ3v) is 4.06. The van der Waals surface area contributed by atoms with Gasteiger partial charge in [-0.15, -0.1) is 0 Å². The van der Waals surface area contributed by atoms with Gasteiger partial charge in [-0.05, 0) is 32.7 Å². The summed E-state index contributed by atoms with van der Waals surface area (Å²) in [6.07, 6.45) is 9.26. The molecule has 3 unspecified atom stereocenters. The first-order chi connectivity index (χ1) is 8.36. The molecule has 0 radical (unpaired) electrons. The monoisotopic (exact) mass is 235 g/mol. The molecule has 4 nitrogen and oxygen atoms in total. The molecule has 1 N–H and O–H groups in total. The zero-order chi connectivity index (χ0) is 11.7. The summed E-state index contributed by atoms with van der Waals surface area (Å²) in [6.45, 7) is 4.17. The number of hydrogen-bond donors (Lipinski definition) is 1. The number of nitrogens with zero attached hydrogens (tertiary/aromatic N) is 2. The molecule has 4 heteroatoms. The van der Waals surface area contributed by atoms with Crippen LogP contribution in [0.25, 0.3) is 0 Å². The lowest BCUT2D eigenvalue weighted by Crippen LogP contribution is -2.30. The van der Waals surface area contributed by atoms with E-state index < -0.39 is 0 Å². The first-order valence-electron chi connectivity index (χ1n) is 6.73. The number of rotatable bonds is 2. The van der Waals surface area contributed by atoms with Crippen LogP contribution in [-0.2, 0) is 4.74 Å². The Bertz CT molecular complexity index is 370. The van der Waals surface area contributed by atoms with Crippen LogP contribution in [0.4, 0.5) is 0 Å². The van der Waals surface area contributed by atoms with E-state index in [-0.39, 0.29) is 0 Å². The SMILES string of the molecule is CC1OCCC1n1cncc1C1CCCCN1. The fourth-order valence-electron chi connectivity index (χ4n) is 3.05. The van der Waals surface area contributed by atoms with Crippen LogP contribution in [0.5, 0.6) is 0 Å². The molecule has 17 heavy (non-hydrogen) atoms. The Morgan fingerprint density at radius 1 is 1.41 bits per heavy atom. The van der Waals surface area contributed by atoms with Crippen molar-refractivity contribution in [3.8, 4) is 0 Å². The fourth-order valence-corrected chi connectivity index (χ4v) is 3.05. The van der Waals surface area contributed by atoms with Crippen molar-refractivity contribution in [2.24, 2.45) is 0 Å². The summed E-state index contributed by atoms with van der Waals surface area (Å²) < 4.78 is 8.00. The lowest BCUT2D eigenvalue weighted by Gasteiger charge is -2.27. The van der Waals surface area contributed by atoms with Crippen molar-refractivity contribution in [3.63, 3.8) is 0 Å². The van der Waals surface area contributed by atoms with Crippen LogP contribution in [0.15, 0.2) is 12.5 Å². The van der Waals surface area contributed by atoms with Crippen LogP contribution in [0, 0.1) is 0 Å². The molecule has 3 atom stereocenters. The highest BCUT2D eigenvalue weighted by molar-refractivity contribution is 5.09. The molecular formula is C13H21N3O. The van der Waals surface area contributed by atoms with Crippen LogP contribution in [0.1, 0.15) is 50.4 Å². The van der Waals surface area contributed by atoms with Crippen molar-refractivity contribution in [2.75, 3.05) is 13.2 Å². The molecule has 2 fully saturated rings. The summed E-state index contributed by atoms with van der Waals surface area (Å²) >= 11 is 0. The second-order valence-corrected chi connectivity index (χ2v) is 5.16. The van der Waals surface area contributed by atoms with E-state index >= 15 is 0 Å². The van der Waals surface area contributed by atoms with Crippen molar-refractivity contribution >= 4 is 0 Å². The Kier molecular flexibility index (Phi) is 3.16. The Labute approximate surface area is 102 Å². The molecule has 0 spiro atoms. The maximum absolute atomic E-state index is 5.66. The molecule has 0 amide bonds. The van der Waals surface area contributed by atoms with Crippen molar-refractivity contribution in [2.45, 2.75) is 50.8 Å². The van der Waals surface area contributed by atoms with Gasteiger partial charge in [-0.1, -0.05) is 6.42 Å². The van der Waals surface area contributed by atoms with Crippen molar-refractivity contribution in [1.29, 1.82) is 0 Å². The van der Waals surface area contributed by atoms with Gasteiger partial charge < -0.3 is 14.6 Å². The summed E-state index contributed by atoms with van der Waals surface area (Å²) in [6, 6.07) is 0.954. The Balaban J connectivity index is 1.82. The third kappa shape index (κ3) is 2.11. The van der Waals surface area contributed by atoms with Gasteiger partial charge in [0, 0.05) is 18.8 Å². The van der Waals surface area contributed by atoms with E-state index in [0.717, 1.165) is 19.6 Å². The molecule has 2 aliphatic heterocycles. The normalized spacial score (nSPS) is 34.1. The smallest absolute Gasteiger partial charge is 0.0952 e. The minimum atomic E-state index is 0.312. The average Bonchev–Trinajstić information content (AvgIpc) is 2.98. The predicted molar refractivity (Wildman–Crippen MR) is 65.9 cm³/mol. The molecule has 2 saturated heterocycles. The topological polar surface area (TPSA) is 39.1 Å². The minimum absolute atomic E-state index is 0.312. The predicted octanol–water partition coefficient (Wildman–Crippen LogP) is 2.05. The van der Waals surface area contributed by atoms with Crippen molar-refractivity contribution in [1.82, 2.24) is 14.9 Å². The van der Waals surface area contributed by atoms with Gasteiger partial charge in [0.15, 0.2) is 0 Å². The van der Waals surface area contributed by atoms with Gasteiger partial charge in [-0.3, -0.25) is 0 Å². The van der Waals surface area contributed by atoms with Crippen LogP contribution >= 0.6 is 0 Å². The summed E-state index contributed by atoms with van der Waals surface area (Å²) in [5.41, 5.74) is 1.34. The number of piperidine rings is 1. The largest absolute Gasteiger partial charge is 0.376 e. The highest BCUT2D eigenvalue weighted by Crippen LogP contribution is 2.31. The van der Waals surface area contributed by atoms with Crippen LogP contribution < -0.4 is 5.32 Å². The van der Waals surface area contributed by atoms with E-state index in [2.05, 4.69) is 21.8 Å². The molecule has 0 aromatic carbocycles. The lowest BCUT2D eigenvalue weighted by atomic mass is 10.0. The highest BCUT2D eigenvalue weighted by Gasteiger charge is 2.29. The molecule has 1 aromatic rings. The second kappa shape index (κ2) is 4.78.